The molecule has 1 heterocycles. The van der Waals surface area contributed by atoms with Crippen LogP contribution in [0.4, 0.5) is 20.6 Å². The van der Waals surface area contributed by atoms with Crippen molar-refractivity contribution in [3.63, 3.8) is 0 Å². The predicted molar refractivity (Wildman–Crippen MR) is 103 cm³/mol. The van der Waals surface area contributed by atoms with Crippen LogP contribution in [0, 0.1) is 12.7 Å². The Morgan fingerprint density at radius 1 is 1.08 bits per heavy atom. The number of nitrogens with one attached hydrogen (secondary N) is 2. The van der Waals surface area contributed by atoms with Crippen molar-refractivity contribution >= 4 is 17.4 Å². The number of piperazine rings is 1. The third-order valence-electron chi connectivity index (χ3n) is 4.55. The van der Waals surface area contributed by atoms with Crippen LogP contribution < -0.4 is 15.5 Å². The standard InChI is InChI=1S/C20H25FN4O/c1-16-3-2-4-18(15-16)23-20(26)22-9-10-24-11-13-25(14-12-24)19-7-5-17(21)6-8-19/h2-8,15H,9-14H2,1H3,(H2,22,23,26). The Morgan fingerprint density at radius 2 is 1.81 bits per heavy atom. The number of aryl methyl sites for hydroxylation is 1. The van der Waals surface area contributed by atoms with E-state index in [0.717, 1.165) is 49.7 Å². The highest BCUT2D eigenvalue weighted by molar-refractivity contribution is 5.89. The average Bonchev–Trinajstić information content (AvgIpc) is 2.63. The van der Waals surface area contributed by atoms with E-state index in [0.29, 0.717) is 6.54 Å². The van der Waals surface area contributed by atoms with E-state index < -0.39 is 0 Å². The largest absolute Gasteiger partial charge is 0.369 e. The molecular formula is C20H25FN4O. The Labute approximate surface area is 153 Å². The van der Waals surface area contributed by atoms with Crippen molar-refractivity contribution in [1.82, 2.24) is 10.2 Å². The summed E-state index contributed by atoms with van der Waals surface area (Å²) < 4.78 is 13.0. The van der Waals surface area contributed by atoms with Gasteiger partial charge in [0.15, 0.2) is 0 Å². The molecule has 2 aromatic rings. The fourth-order valence-corrected chi connectivity index (χ4v) is 3.11. The van der Waals surface area contributed by atoms with Gasteiger partial charge in [0.05, 0.1) is 0 Å². The predicted octanol–water partition coefficient (Wildman–Crippen LogP) is 3.08. The van der Waals surface area contributed by atoms with Gasteiger partial charge in [-0.15, -0.1) is 0 Å². The van der Waals surface area contributed by atoms with E-state index in [1.807, 2.05) is 43.3 Å². The second kappa shape index (κ2) is 8.67. The number of carbonyl (C=O) groups is 1. The normalized spacial score (nSPS) is 14.9. The van der Waals surface area contributed by atoms with E-state index in [4.69, 9.17) is 0 Å². The maximum atomic E-state index is 13.0. The van der Waals surface area contributed by atoms with Crippen molar-refractivity contribution in [2.45, 2.75) is 6.92 Å². The van der Waals surface area contributed by atoms with E-state index in [9.17, 15) is 9.18 Å². The van der Waals surface area contributed by atoms with Crippen LogP contribution in [0.25, 0.3) is 0 Å². The number of benzene rings is 2. The summed E-state index contributed by atoms with van der Waals surface area (Å²) in [6.45, 7) is 7.08. The Balaban J connectivity index is 1.36. The molecule has 1 aliphatic rings. The molecule has 0 bridgehead atoms. The lowest BCUT2D eigenvalue weighted by Crippen LogP contribution is -2.48. The van der Waals surface area contributed by atoms with Gasteiger partial charge in [-0.05, 0) is 48.9 Å². The van der Waals surface area contributed by atoms with Crippen molar-refractivity contribution in [3.05, 3.63) is 59.9 Å². The molecule has 0 aromatic heterocycles. The van der Waals surface area contributed by atoms with E-state index in [2.05, 4.69) is 20.4 Å². The molecule has 1 saturated heterocycles. The zero-order valence-corrected chi connectivity index (χ0v) is 15.0. The van der Waals surface area contributed by atoms with Crippen LogP contribution in [0.2, 0.25) is 0 Å². The summed E-state index contributed by atoms with van der Waals surface area (Å²) in [5, 5.41) is 5.75. The molecule has 2 N–H and O–H groups in total. The molecular weight excluding hydrogens is 331 g/mol. The maximum absolute atomic E-state index is 13.0. The van der Waals surface area contributed by atoms with Crippen LogP contribution in [0.5, 0.6) is 0 Å². The first kappa shape index (κ1) is 18.2. The Morgan fingerprint density at radius 3 is 2.50 bits per heavy atom. The first-order valence-corrected chi connectivity index (χ1v) is 8.94. The molecule has 2 amide bonds. The third kappa shape index (κ3) is 5.20. The van der Waals surface area contributed by atoms with Gasteiger partial charge in [-0.25, -0.2) is 9.18 Å². The summed E-state index contributed by atoms with van der Waals surface area (Å²) >= 11 is 0. The van der Waals surface area contributed by atoms with Gasteiger partial charge in [0.2, 0.25) is 0 Å². The van der Waals surface area contributed by atoms with Crippen LogP contribution in [-0.4, -0.2) is 50.2 Å². The van der Waals surface area contributed by atoms with Gasteiger partial charge in [-0.2, -0.15) is 0 Å². The molecule has 0 spiro atoms. The number of amides is 2. The second-order valence-corrected chi connectivity index (χ2v) is 6.56. The lowest BCUT2D eigenvalue weighted by Gasteiger charge is -2.36. The molecule has 26 heavy (non-hydrogen) atoms. The van der Waals surface area contributed by atoms with Gasteiger partial charge in [0.1, 0.15) is 5.82 Å². The summed E-state index contributed by atoms with van der Waals surface area (Å²) in [6.07, 6.45) is 0. The highest BCUT2D eigenvalue weighted by Gasteiger charge is 2.17. The first-order chi connectivity index (χ1) is 12.6. The molecule has 0 radical (unpaired) electrons. The second-order valence-electron chi connectivity index (χ2n) is 6.56. The minimum atomic E-state index is -0.206. The molecule has 0 unspecified atom stereocenters. The van der Waals surface area contributed by atoms with Crippen molar-refractivity contribution in [2.75, 3.05) is 49.5 Å². The summed E-state index contributed by atoms with van der Waals surface area (Å²) in [5.41, 5.74) is 2.97. The minimum absolute atomic E-state index is 0.180. The van der Waals surface area contributed by atoms with Crippen LogP contribution in [0.1, 0.15) is 5.56 Å². The number of halogens is 1. The molecule has 1 aliphatic heterocycles. The average molecular weight is 356 g/mol. The van der Waals surface area contributed by atoms with Crippen LogP contribution in [0.3, 0.4) is 0 Å². The Hall–Kier alpha value is -2.60. The Kier molecular flexibility index (Phi) is 6.07. The van der Waals surface area contributed by atoms with Gasteiger partial charge < -0.3 is 15.5 Å². The molecule has 0 saturated carbocycles. The lowest BCUT2D eigenvalue weighted by molar-refractivity contribution is 0.240. The van der Waals surface area contributed by atoms with Gasteiger partial charge >= 0.3 is 6.03 Å². The molecule has 6 heteroatoms. The fraction of sp³-hybridized carbons (Fsp3) is 0.350. The van der Waals surface area contributed by atoms with E-state index in [1.54, 1.807) is 0 Å². The number of urea groups is 1. The third-order valence-corrected chi connectivity index (χ3v) is 4.55. The van der Waals surface area contributed by atoms with Crippen molar-refractivity contribution in [1.29, 1.82) is 0 Å². The summed E-state index contributed by atoms with van der Waals surface area (Å²) in [7, 11) is 0. The molecule has 5 nitrogen and oxygen atoms in total. The van der Waals surface area contributed by atoms with Crippen molar-refractivity contribution in [2.24, 2.45) is 0 Å². The lowest BCUT2D eigenvalue weighted by atomic mass is 10.2. The van der Waals surface area contributed by atoms with Crippen LogP contribution in [-0.2, 0) is 0 Å². The molecule has 138 valence electrons. The van der Waals surface area contributed by atoms with Crippen LogP contribution in [0.15, 0.2) is 48.5 Å². The molecule has 2 aromatic carbocycles. The molecule has 3 rings (SSSR count). The van der Waals surface area contributed by atoms with Gasteiger partial charge in [0.25, 0.3) is 0 Å². The first-order valence-electron chi connectivity index (χ1n) is 8.94. The van der Waals surface area contributed by atoms with Crippen molar-refractivity contribution in [3.8, 4) is 0 Å². The van der Waals surface area contributed by atoms with E-state index >= 15 is 0 Å². The highest BCUT2D eigenvalue weighted by Crippen LogP contribution is 2.16. The smallest absolute Gasteiger partial charge is 0.319 e. The SMILES string of the molecule is Cc1cccc(NC(=O)NCCN2CCN(c3ccc(F)cc3)CC2)c1. The Bertz CT molecular complexity index is 727. The number of anilines is 2. The summed E-state index contributed by atoms with van der Waals surface area (Å²) in [4.78, 5) is 16.5. The number of hydrogen-bond acceptors (Lipinski definition) is 3. The quantitative estimate of drug-likeness (QED) is 0.866. The summed E-state index contributed by atoms with van der Waals surface area (Å²) in [6, 6.07) is 14.2. The number of carbonyl (C=O) groups excluding carboxylic acids is 1. The fourth-order valence-electron chi connectivity index (χ4n) is 3.11. The highest BCUT2D eigenvalue weighted by atomic mass is 19.1. The van der Waals surface area contributed by atoms with Crippen LogP contribution >= 0.6 is 0 Å². The molecule has 1 fully saturated rings. The molecule has 0 aliphatic carbocycles. The van der Waals surface area contributed by atoms with Gasteiger partial charge in [-0.1, -0.05) is 12.1 Å². The summed E-state index contributed by atoms with van der Waals surface area (Å²) in [5.74, 6) is -0.206. The van der Waals surface area contributed by atoms with Gasteiger partial charge in [-0.3, -0.25) is 4.90 Å². The zero-order valence-electron chi connectivity index (χ0n) is 15.0. The van der Waals surface area contributed by atoms with Gasteiger partial charge in [0, 0.05) is 50.6 Å². The van der Waals surface area contributed by atoms with E-state index in [-0.39, 0.29) is 11.8 Å². The topological polar surface area (TPSA) is 47.6 Å². The van der Waals surface area contributed by atoms with Crippen molar-refractivity contribution < 1.29 is 9.18 Å². The molecule has 0 atom stereocenters. The maximum Gasteiger partial charge on any atom is 0.319 e. The van der Waals surface area contributed by atoms with E-state index in [1.165, 1.54) is 12.1 Å². The number of nitrogens with zero attached hydrogens (tertiary/aromatic N) is 2. The zero-order chi connectivity index (χ0) is 18.4. The number of rotatable bonds is 5. The minimum Gasteiger partial charge on any atom is -0.369 e. The monoisotopic (exact) mass is 356 g/mol. The number of hydrogen-bond donors (Lipinski definition) is 2.